The van der Waals surface area contributed by atoms with E-state index in [9.17, 15) is 5.11 Å². The molecule has 0 radical (unpaired) electrons. The first-order chi connectivity index (χ1) is 6.77. The fraction of sp³-hybridized carbons (Fsp3) is 0.0833. The van der Waals surface area contributed by atoms with E-state index in [-0.39, 0.29) is 24.0 Å². The lowest BCUT2D eigenvalue weighted by molar-refractivity contribution is -0.671. The van der Waals surface area contributed by atoms with Gasteiger partial charge in [0, 0.05) is 11.6 Å². The number of aromatic hydroxyl groups is 1. The van der Waals surface area contributed by atoms with Crippen molar-refractivity contribution in [2.24, 2.45) is 7.05 Å². The molecule has 2 rings (SSSR count). The number of hydrogen-bond donors (Lipinski definition) is 1. The summed E-state index contributed by atoms with van der Waals surface area (Å²) in [6.07, 6.45) is 3.62. The molecule has 78 valence electrons. The van der Waals surface area contributed by atoms with E-state index < -0.39 is 0 Å². The first-order valence-corrected chi connectivity index (χ1v) is 4.51. The normalized spacial score (nSPS) is 9.40. The van der Waals surface area contributed by atoms with Gasteiger partial charge in [-0.25, -0.2) is 4.57 Å². The van der Waals surface area contributed by atoms with Crippen LogP contribution in [0.1, 0.15) is 0 Å². The average Bonchev–Trinajstić information content (AvgIpc) is 2.19. The molecule has 0 atom stereocenters. The lowest BCUT2D eigenvalue weighted by Gasteiger charge is -2.01. The maximum Gasteiger partial charge on any atom is 0.211 e. The van der Waals surface area contributed by atoms with E-state index >= 15 is 0 Å². The highest BCUT2D eigenvalue weighted by Crippen LogP contribution is 2.26. The Balaban J connectivity index is 0.00000112. The van der Waals surface area contributed by atoms with Crippen LogP contribution in [-0.2, 0) is 7.05 Å². The zero-order valence-electron chi connectivity index (χ0n) is 8.39. The third kappa shape index (κ3) is 2.68. The van der Waals surface area contributed by atoms with Gasteiger partial charge in [0.2, 0.25) is 6.20 Å². The van der Waals surface area contributed by atoms with E-state index in [1.54, 1.807) is 6.20 Å². The Labute approximate surface area is 106 Å². The molecule has 0 spiro atoms. The Bertz CT molecular complexity index is 443. The summed E-state index contributed by atoms with van der Waals surface area (Å²) in [4.78, 5) is 0. The predicted octanol–water partition coefficient (Wildman–Crippen LogP) is -1.11. The summed E-state index contributed by atoms with van der Waals surface area (Å²) in [5, 5.41) is 9.72. The van der Waals surface area contributed by atoms with Crippen LogP contribution in [0.2, 0.25) is 0 Å². The van der Waals surface area contributed by atoms with Crippen LogP contribution in [0.4, 0.5) is 0 Å². The molecule has 0 amide bonds. The number of pyridine rings is 1. The number of benzene rings is 1. The highest BCUT2D eigenvalue weighted by atomic mass is 127. The standard InChI is InChI=1S/C12H11NO.HI/c1-13-8-7-11(12(14)9-13)10-5-3-2-4-6-10;/h2-9H,1H3;1H. The summed E-state index contributed by atoms with van der Waals surface area (Å²) in [6, 6.07) is 11.8. The topological polar surface area (TPSA) is 24.1 Å². The van der Waals surface area contributed by atoms with Crippen LogP contribution in [0.3, 0.4) is 0 Å². The van der Waals surface area contributed by atoms with Gasteiger partial charge in [-0.15, -0.1) is 0 Å². The molecular weight excluding hydrogens is 301 g/mol. The van der Waals surface area contributed by atoms with Crippen molar-refractivity contribution in [3.63, 3.8) is 0 Å². The highest BCUT2D eigenvalue weighted by Gasteiger charge is 2.06. The molecule has 15 heavy (non-hydrogen) atoms. The van der Waals surface area contributed by atoms with Crippen LogP contribution < -0.4 is 28.5 Å². The molecule has 1 aromatic carbocycles. The smallest absolute Gasteiger partial charge is 0.211 e. The van der Waals surface area contributed by atoms with E-state index in [1.165, 1.54) is 0 Å². The van der Waals surface area contributed by atoms with Crippen molar-refractivity contribution < 1.29 is 33.7 Å². The third-order valence-electron chi connectivity index (χ3n) is 2.16. The maximum atomic E-state index is 9.72. The molecule has 0 aliphatic rings. The number of aryl methyl sites for hydroxylation is 1. The second kappa shape index (κ2) is 5.11. The number of rotatable bonds is 1. The molecule has 1 N–H and O–H groups in total. The molecule has 0 aliphatic carbocycles. The molecule has 0 saturated carbocycles. The van der Waals surface area contributed by atoms with Crippen molar-refractivity contribution in [3.8, 4) is 16.9 Å². The van der Waals surface area contributed by atoms with Gasteiger partial charge in [-0.05, 0) is 5.56 Å². The van der Waals surface area contributed by atoms with E-state index in [2.05, 4.69) is 0 Å². The third-order valence-corrected chi connectivity index (χ3v) is 2.16. The van der Waals surface area contributed by atoms with E-state index in [0.29, 0.717) is 5.75 Å². The summed E-state index contributed by atoms with van der Waals surface area (Å²) in [7, 11) is 1.88. The fourth-order valence-electron chi connectivity index (χ4n) is 1.44. The first-order valence-electron chi connectivity index (χ1n) is 4.51. The zero-order chi connectivity index (χ0) is 9.97. The molecule has 0 aliphatic heterocycles. The summed E-state index contributed by atoms with van der Waals surface area (Å²) in [5.41, 5.74) is 1.90. The molecule has 1 aromatic heterocycles. The second-order valence-electron chi connectivity index (χ2n) is 3.28. The van der Waals surface area contributed by atoms with Crippen LogP contribution in [0, 0.1) is 0 Å². The number of halogens is 1. The van der Waals surface area contributed by atoms with Crippen LogP contribution in [0.5, 0.6) is 5.75 Å². The maximum absolute atomic E-state index is 9.72. The predicted molar refractivity (Wildman–Crippen MR) is 54.7 cm³/mol. The van der Waals surface area contributed by atoms with Gasteiger partial charge in [0.05, 0.1) is 0 Å². The molecule has 0 fully saturated rings. The van der Waals surface area contributed by atoms with Crippen LogP contribution >= 0.6 is 0 Å². The molecule has 2 nitrogen and oxygen atoms in total. The minimum Gasteiger partial charge on any atom is -1.00 e. The second-order valence-corrected chi connectivity index (χ2v) is 3.28. The Hall–Kier alpha value is -1.10. The van der Waals surface area contributed by atoms with Crippen LogP contribution in [-0.4, -0.2) is 5.11 Å². The quantitative estimate of drug-likeness (QED) is 0.524. The molecule has 0 saturated heterocycles. The van der Waals surface area contributed by atoms with E-state index in [1.807, 2.05) is 54.2 Å². The van der Waals surface area contributed by atoms with Gasteiger partial charge in [-0.1, -0.05) is 30.3 Å². The van der Waals surface area contributed by atoms with Crippen molar-refractivity contribution in [1.82, 2.24) is 0 Å². The Morgan fingerprint density at radius 1 is 1.07 bits per heavy atom. The summed E-state index contributed by atoms with van der Waals surface area (Å²) < 4.78 is 1.82. The number of nitrogens with zero attached hydrogens (tertiary/aromatic N) is 1. The van der Waals surface area contributed by atoms with Crippen molar-refractivity contribution in [2.75, 3.05) is 0 Å². The largest absolute Gasteiger partial charge is 1.00 e. The monoisotopic (exact) mass is 313 g/mol. The van der Waals surface area contributed by atoms with Crippen molar-refractivity contribution >= 4 is 0 Å². The summed E-state index contributed by atoms with van der Waals surface area (Å²) in [6.45, 7) is 0. The van der Waals surface area contributed by atoms with Gasteiger partial charge in [0.15, 0.2) is 11.9 Å². The number of aromatic nitrogens is 1. The fourth-order valence-corrected chi connectivity index (χ4v) is 1.44. The molecule has 3 heteroatoms. The van der Waals surface area contributed by atoms with Gasteiger partial charge in [-0.2, -0.15) is 0 Å². The minimum atomic E-state index is 0. The Morgan fingerprint density at radius 2 is 1.73 bits per heavy atom. The van der Waals surface area contributed by atoms with Gasteiger partial charge in [-0.3, -0.25) is 0 Å². The van der Waals surface area contributed by atoms with Crippen LogP contribution in [0.15, 0.2) is 48.8 Å². The molecule has 0 unspecified atom stereocenters. The molecular formula is C12H12INO. The van der Waals surface area contributed by atoms with Crippen LogP contribution in [0.25, 0.3) is 11.1 Å². The van der Waals surface area contributed by atoms with Gasteiger partial charge >= 0.3 is 0 Å². The van der Waals surface area contributed by atoms with Crippen molar-refractivity contribution in [3.05, 3.63) is 48.8 Å². The first kappa shape index (κ1) is 12.0. The van der Waals surface area contributed by atoms with E-state index in [0.717, 1.165) is 11.1 Å². The van der Waals surface area contributed by atoms with Gasteiger partial charge in [0.1, 0.15) is 7.05 Å². The van der Waals surface area contributed by atoms with Gasteiger partial charge < -0.3 is 29.1 Å². The molecule has 1 heterocycles. The Morgan fingerprint density at radius 3 is 2.33 bits per heavy atom. The number of hydrogen-bond acceptors (Lipinski definition) is 1. The average molecular weight is 313 g/mol. The lowest BCUT2D eigenvalue weighted by atomic mass is 10.1. The highest BCUT2D eigenvalue weighted by molar-refractivity contribution is 5.68. The van der Waals surface area contributed by atoms with E-state index in [4.69, 9.17) is 0 Å². The molecule has 2 aromatic rings. The Kier molecular flexibility index (Phi) is 4.08. The minimum absolute atomic E-state index is 0. The molecule has 0 bridgehead atoms. The van der Waals surface area contributed by atoms with Crippen molar-refractivity contribution in [1.29, 1.82) is 0 Å². The summed E-state index contributed by atoms with van der Waals surface area (Å²) >= 11 is 0. The lowest BCUT2D eigenvalue weighted by Crippen LogP contribution is -3.00. The summed E-state index contributed by atoms with van der Waals surface area (Å²) in [5.74, 6) is 0.307. The van der Waals surface area contributed by atoms with Gasteiger partial charge in [0.25, 0.3) is 0 Å². The van der Waals surface area contributed by atoms with Crippen molar-refractivity contribution in [2.45, 2.75) is 0 Å². The zero-order valence-corrected chi connectivity index (χ0v) is 10.5. The SMILES string of the molecule is C[n+]1ccc(-c2ccccc2)c(O)c1.[I-].